The van der Waals surface area contributed by atoms with Gasteiger partial charge in [-0.1, -0.05) is 44.6 Å². The van der Waals surface area contributed by atoms with Crippen LogP contribution in [0.1, 0.15) is 83.6 Å². The van der Waals surface area contributed by atoms with Crippen molar-refractivity contribution in [3.8, 4) is 0 Å². The van der Waals surface area contributed by atoms with Gasteiger partial charge in [0.15, 0.2) is 6.10 Å². The number of aliphatic hydroxyl groups excluding tert-OH is 1. The molecule has 0 aromatic rings. The van der Waals surface area contributed by atoms with Crippen LogP contribution in [0.4, 0.5) is 0 Å². The fourth-order valence-electron chi connectivity index (χ4n) is 1.67. The van der Waals surface area contributed by atoms with Crippen LogP contribution >= 0.6 is 0 Å². The maximum Gasteiger partial charge on any atom is 0.347 e. The van der Waals surface area contributed by atoms with Crippen molar-refractivity contribution in [1.82, 2.24) is 5.32 Å². The number of nitrogens with one attached hydrogen (secondary N) is 1. The van der Waals surface area contributed by atoms with Crippen molar-refractivity contribution in [2.24, 2.45) is 0 Å². The predicted octanol–water partition coefficient (Wildman–Crippen LogP) is 2.87. The molecule has 0 aromatic carbocycles. The predicted molar refractivity (Wildman–Crippen MR) is 124 cm³/mol. The lowest BCUT2D eigenvalue weighted by molar-refractivity contribution is -0.167. The van der Waals surface area contributed by atoms with Gasteiger partial charge in [-0.2, -0.15) is 0 Å². The van der Waals surface area contributed by atoms with Crippen LogP contribution in [-0.4, -0.2) is 70.5 Å². The minimum absolute atomic E-state index is 0. The van der Waals surface area contributed by atoms with Crippen molar-refractivity contribution in [2.75, 3.05) is 13.2 Å². The number of carbonyl (C=O) groups is 5. The van der Waals surface area contributed by atoms with Crippen LogP contribution in [0.15, 0.2) is 0 Å². The third-order valence-electron chi connectivity index (χ3n) is 3.02. The molecule has 1 amide bonds. The molecule has 196 valence electrons. The van der Waals surface area contributed by atoms with Crippen LogP contribution in [0.3, 0.4) is 0 Å². The van der Waals surface area contributed by atoms with E-state index in [0.717, 1.165) is 0 Å². The van der Waals surface area contributed by atoms with Gasteiger partial charge in [0.25, 0.3) is 0 Å². The molecule has 0 heterocycles. The minimum atomic E-state index is -1.39. The molecule has 2 atom stereocenters. The summed E-state index contributed by atoms with van der Waals surface area (Å²) in [4.78, 5) is 56.1. The SMILES string of the molecule is C.C.C.C.C.C.CC(OC(=O)CCC(=O)NC(CCC(=O)O)C(=O)O)C(=O)OCCCO. The van der Waals surface area contributed by atoms with Gasteiger partial charge in [0.2, 0.25) is 5.91 Å². The topological polar surface area (TPSA) is 177 Å². The summed E-state index contributed by atoms with van der Waals surface area (Å²) >= 11 is 0. The summed E-state index contributed by atoms with van der Waals surface area (Å²) in [6, 6.07) is -1.38. The first-order chi connectivity index (χ1) is 12.2. The van der Waals surface area contributed by atoms with E-state index in [1.165, 1.54) is 6.92 Å². The molecule has 0 aliphatic rings. The number of hydrogen-bond donors (Lipinski definition) is 4. The number of hydrogen-bond acceptors (Lipinski definition) is 8. The van der Waals surface area contributed by atoms with Crippen molar-refractivity contribution in [1.29, 1.82) is 0 Å². The lowest BCUT2D eigenvalue weighted by Crippen LogP contribution is -2.41. The number of rotatable bonds is 13. The Balaban J connectivity index is -0.000000208. The van der Waals surface area contributed by atoms with Crippen molar-refractivity contribution in [2.45, 2.75) is 95.7 Å². The molecule has 32 heavy (non-hydrogen) atoms. The lowest BCUT2D eigenvalue weighted by atomic mass is 10.1. The molecular weight excluding hydrogens is 426 g/mol. The van der Waals surface area contributed by atoms with Crippen molar-refractivity contribution in [3.05, 3.63) is 0 Å². The summed E-state index contributed by atoms with van der Waals surface area (Å²) in [6.45, 7) is 1.11. The second kappa shape index (κ2) is 26.3. The average Bonchev–Trinajstić information content (AvgIpc) is 2.56. The highest BCUT2D eigenvalue weighted by Crippen LogP contribution is 2.03. The Bertz CT molecular complexity index is 523. The van der Waals surface area contributed by atoms with E-state index in [1.54, 1.807) is 0 Å². The minimum Gasteiger partial charge on any atom is -0.481 e. The third-order valence-corrected chi connectivity index (χ3v) is 3.02. The van der Waals surface area contributed by atoms with Crippen LogP contribution in [0.2, 0.25) is 0 Å². The van der Waals surface area contributed by atoms with E-state index in [-0.39, 0.29) is 77.0 Å². The number of amides is 1. The Morgan fingerprint density at radius 2 is 1.41 bits per heavy atom. The van der Waals surface area contributed by atoms with Crippen molar-refractivity contribution < 1.29 is 48.8 Å². The van der Waals surface area contributed by atoms with Crippen molar-refractivity contribution >= 4 is 29.8 Å². The molecule has 0 aromatic heterocycles. The zero-order valence-corrected chi connectivity index (χ0v) is 14.3. The lowest BCUT2D eigenvalue weighted by Gasteiger charge is -2.14. The second-order valence-electron chi connectivity index (χ2n) is 5.27. The quantitative estimate of drug-likeness (QED) is 0.230. The molecule has 0 spiro atoms. The first-order valence-electron chi connectivity index (χ1n) is 7.88. The number of carbonyl (C=O) groups excluding carboxylic acids is 3. The van der Waals surface area contributed by atoms with E-state index in [1.807, 2.05) is 0 Å². The highest BCUT2D eigenvalue weighted by atomic mass is 16.6. The highest BCUT2D eigenvalue weighted by molar-refractivity contribution is 5.86. The van der Waals surface area contributed by atoms with E-state index in [9.17, 15) is 24.0 Å². The molecular formula is C21H47NO10. The average molecular weight is 474 g/mol. The van der Waals surface area contributed by atoms with Gasteiger partial charge >= 0.3 is 23.9 Å². The smallest absolute Gasteiger partial charge is 0.347 e. The summed E-state index contributed by atoms with van der Waals surface area (Å²) in [5.74, 6) is -5.01. The fourth-order valence-corrected chi connectivity index (χ4v) is 1.67. The second-order valence-corrected chi connectivity index (χ2v) is 5.27. The van der Waals surface area contributed by atoms with Crippen LogP contribution in [-0.2, 0) is 33.4 Å². The number of ether oxygens (including phenoxy) is 2. The number of carboxylic acid groups (broad SMARTS) is 2. The number of aliphatic hydroxyl groups is 1. The van der Waals surface area contributed by atoms with E-state index < -0.39 is 54.8 Å². The molecule has 0 fully saturated rings. The zero-order valence-electron chi connectivity index (χ0n) is 14.3. The van der Waals surface area contributed by atoms with Gasteiger partial charge in [0.05, 0.1) is 13.0 Å². The molecule has 11 heteroatoms. The number of aliphatic carboxylic acids is 2. The molecule has 0 bridgehead atoms. The first-order valence-corrected chi connectivity index (χ1v) is 7.88. The summed E-state index contributed by atoms with van der Waals surface area (Å²) in [6.07, 6.45) is -2.45. The summed E-state index contributed by atoms with van der Waals surface area (Å²) in [7, 11) is 0. The van der Waals surface area contributed by atoms with Crippen LogP contribution in [0.5, 0.6) is 0 Å². The van der Waals surface area contributed by atoms with Gasteiger partial charge in [-0.15, -0.1) is 0 Å². The van der Waals surface area contributed by atoms with E-state index in [4.69, 9.17) is 24.8 Å². The van der Waals surface area contributed by atoms with Crippen LogP contribution in [0, 0.1) is 0 Å². The molecule has 0 rings (SSSR count). The van der Waals surface area contributed by atoms with Crippen LogP contribution in [0.25, 0.3) is 0 Å². The number of esters is 2. The van der Waals surface area contributed by atoms with Gasteiger partial charge < -0.3 is 30.1 Å². The standard InChI is InChI=1S/C15H23NO10.6CH4/c1-9(15(24)25-8-2-7-17)26-13(21)6-4-11(18)16-10(14(22)23)3-5-12(19)20;;;;;;/h9-10,17H,2-8H2,1H3,(H,16,18)(H,19,20)(H,22,23);6*1H4. The Kier molecular flexibility index (Phi) is 38.9. The monoisotopic (exact) mass is 473 g/mol. The largest absolute Gasteiger partial charge is 0.481 e. The van der Waals surface area contributed by atoms with Gasteiger partial charge in [-0.3, -0.25) is 14.4 Å². The van der Waals surface area contributed by atoms with Gasteiger partial charge in [0.1, 0.15) is 6.04 Å². The zero-order chi connectivity index (χ0) is 20.1. The molecule has 0 aliphatic carbocycles. The first kappa shape index (κ1) is 47.2. The molecule has 4 N–H and O–H groups in total. The maximum absolute atomic E-state index is 11.7. The highest BCUT2D eigenvalue weighted by Gasteiger charge is 2.23. The molecule has 0 saturated carbocycles. The van der Waals surface area contributed by atoms with Crippen LogP contribution < -0.4 is 5.32 Å². The van der Waals surface area contributed by atoms with Gasteiger partial charge in [-0.05, 0) is 13.3 Å². The van der Waals surface area contributed by atoms with Gasteiger partial charge in [-0.25, -0.2) is 9.59 Å². The van der Waals surface area contributed by atoms with Gasteiger partial charge in [0, 0.05) is 25.9 Å². The molecule has 0 aliphatic heterocycles. The van der Waals surface area contributed by atoms with E-state index in [2.05, 4.69) is 5.32 Å². The third kappa shape index (κ3) is 23.6. The molecule has 2 unspecified atom stereocenters. The fraction of sp³-hybridized carbons (Fsp3) is 0.762. The van der Waals surface area contributed by atoms with Crippen molar-refractivity contribution in [3.63, 3.8) is 0 Å². The summed E-state index contributed by atoms with van der Waals surface area (Å²) in [5, 5.41) is 28.1. The normalized spacial score (nSPS) is 10.2. The maximum atomic E-state index is 11.7. The molecule has 0 radical (unpaired) electrons. The molecule has 0 saturated heterocycles. The Morgan fingerprint density at radius 1 is 0.875 bits per heavy atom. The Hall–Kier alpha value is -2.69. The number of carboxylic acids is 2. The van der Waals surface area contributed by atoms with E-state index in [0.29, 0.717) is 0 Å². The Labute approximate surface area is 193 Å². The summed E-state index contributed by atoms with van der Waals surface area (Å²) < 4.78 is 9.50. The Morgan fingerprint density at radius 3 is 1.84 bits per heavy atom. The van der Waals surface area contributed by atoms with E-state index >= 15 is 0 Å². The summed E-state index contributed by atoms with van der Waals surface area (Å²) in [5.41, 5.74) is 0. The molecule has 11 nitrogen and oxygen atoms in total.